The van der Waals surface area contributed by atoms with Gasteiger partial charge in [-0.05, 0) is 32.4 Å². The number of nitrogens with one attached hydrogen (secondary N) is 2. The first-order valence-electron chi connectivity index (χ1n) is 7.11. The van der Waals surface area contributed by atoms with E-state index in [2.05, 4.69) is 26.6 Å². The van der Waals surface area contributed by atoms with Crippen LogP contribution < -0.4 is 10.6 Å². The number of carbonyl (C=O) groups excluding carboxylic acids is 1. The van der Waals surface area contributed by atoms with E-state index in [1.54, 1.807) is 6.20 Å². The highest BCUT2D eigenvalue weighted by Gasteiger charge is 2.27. The minimum atomic E-state index is -0.190. The third-order valence-electron chi connectivity index (χ3n) is 3.20. The lowest BCUT2D eigenvalue weighted by Gasteiger charge is -2.34. The van der Waals surface area contributed by atoms with Crippen LogP contribution in [0.4, 0.5) is 0 Å². The highest BCUT2D eigenvalue weighted by atomic mass is 16.2. The molecule has 1 fully saturated rings. The van der Waals surface area contributed by atoms with Gasteiger partial charge in [-0.25, -0.2) is 0 Å². The first-order valence-corrected chi connectivity index (χ1v) is 7.11. The number of hydrogen-bond acceptors (Lipinski definition) is 4. The zero-order valence-corrected chi connectivity index (χ0v) is 12.5. The van der Waals surface area contributed by atoms with Crippen molar-refractivity contribution in [3.05, 3.63) is 30.1 Å². The third-order valence-corrected chi connectivity index (χ3v) is 3.20. The van der Waals surface area contributed by atoms with Gasteiger partial charge in [0, 0.05) is 44.1 Å². The van der Waals surface area contributed by atoms with Crippen molar-refractivity contribution in [2.24, 2.45) is 0 Å². The first-order chi connectivity index (χ1) is 9.44. The summed E-state index contributed by atoms with van der Waals surface area (Å²) in [5.41, 5.74) is 0.995. The molecule has 2 rings (SSSR count). The van der Waals surface area contributed by atoms with Crippen molar-refractivity contribution in [2.75, 3.05) is 19.6 Å². The van der Waals surface area contributed by atoms with Gasteiger partial charge < -0.3 is 10.6 Å². The van der Waals surface area contributed by atoms with Gasteiger partial charge in [-0.15, -0.1) is 0 Å². The van der Waals surface area contributed by atoms with E-state index >= 15 is 0 Å². The topological polar surface area (TPSA) is 57.3 Å². The Kier molecular flexibility index (Phi) is 4.73. The molecule has 2 heterocycles. The van der Waals surface area contributed by atoms with Crippen LogP contribution in [0.5, 0.6) is 0 Å². The number of nitrogens with zero attached hydrogens (tertiary/aromatic N) is 2. The van der Waals surface area contributed by atoms with Crippen LogP contribution >= 0.6 is 0 Å². The third kappa shape index (κ3) is 4.58. The summed E-state index contributed by atoms with van der Waals surface area (Å²) >= 11 is 0. The van der Waals surface area contributed by atoms with Crippen molar-refractivity contribution < 1.29 is 4.79 Å². The predicted octanol–water partition coefficient (Wildman–Crippen LogP) is 0.770. The molecule has 1 aromatic heterocycles. The molecule has 0 bridgehead atoms. The highest BCUT2D eigenvalue weighted by molar-refractivity contribution is 5.82. The van der Waals surface area contributed by atoms with E-state index in [1.165, 1.54) is 5.56 Å². The van der Waals surface area contributed by atoms with Crippen LogP contribution in [0.15, 0.2) is 24.5 Å². The number of piperazine rings is 1. The summed E-state index contributed by atoms with van der Waals surface area (Å²) < 4.78 is 0. The first kappa shape index (κ1) is 14.9. The van der Waals surface area contributed by atoms with E-state index in [1.807, 2.05) is 33.0 Å². The molecular formula is C15H24N4O. The molecule has 0 aliphatic carbocycles. The molecule has 0 aromatic carbocycles. The molecule has 1 unspecified atom stereocenters. The maximum Gasteiger partial charge on any atom is 0.238 e. The molecule has 5 heteroatoms. The molecule has 1 aliphatic heterocycles. The molecule has 2 N–H and O–H groups in total. The second-order valence-electron chi connectivity index (χ2n) is 6.34. The Bertz CT molecular complexity index is 441. The summed E-state index contributed by atoms with van der Waals surface area (Å²) in [6, 6.07) is 3.88. The van der Waals surface area contributed by atoms with Gasteiger partial charge in [0.05, 0.1) is 6.04 Å². The Hall–Kier alpha value is -1.46. The number of pyridine rings is 1. The number of amides is 1. The smallest absolute Gasteiger partial charge is 0.238 e. The standard InChI is InChI=1S/C15H24N4O/c1-15(2,3)18-14(20)13-11-19(8-7-17-13)10-12-5-4-6-16-9-12/h4-6,9,13,17H,7-8,10-11H2,1-3H3,(H,18,20). The molecule has 1 saturated heterocycles. The molecule has 1 aliphatic rings. The molecule has 0 radical (unpaired) electrons. The fourth-order valence-corrected chi connectivity index (χ4v) is 2.34. The predicted molar refractivity (Wildman–Crippen MR) is 79.2 cm³/mol. The van der Waals surface area contributed by atoms with Gasteiger partial charge in [0.15, 0.2) is 0 Å². The summed E-state index contributed by atoms with van der Waals surface area (Å²) in [5.74, 6) is 0.0772. The van der Waals surface area contributed by atoms with E-state index in [-0.39, 0.29) is 17.5 Å². The molecule has 20 heavy (non-hydrogen) atoms. The van der Waals surface area contributed by atoms with Crippen molar-refractivity contribution in [3.8, 4) is 0 Å². The molecule has 0 saturated carbocycles. The fraction of sp³-hybridized carbons (Fsp3) is 0.600. The van der Waals surface area contributed by atoms with Crippen molar-refractivity contribution in [2.45, 2.75) is 38.9 Å². The minimum Gasteiger partial charge on any atom is -0.350 e. The van der Waals surface area contributed by atoms with Crippen LogP contribution in [0, 0.1) is 0 Å². The van der Waals surface area contributed by atoms with Gasteiger partial charge in [0.2, 0.25) is 5.91 Å². The van der Waals surface area contributed by atoms with E-state index in [9.17, 15) is 4.79 Å². The largest absolute Gasteiger partial charge is 0.350 e. The van der Waals surface area contributed by atoms with E-state index < -0.39 is 0 Å². The van der Waals surface area contributed by atoms with Crippen molar-refractivity contribution in [1.82, 2.24) is 20.5 Å². The monoisotopic (exact) mass is 276 g/mol. The van der Waals surface area contributed by atoms with E-state index in [4.69, 9.17) is 0 Å². The van der Waals surface area contributed by atoms with Gasteiger partial charge in [-0.2, -0.15) is 0 Å². The van der Waals surface area contributed by atoms with Crippen LogP contribution in [0.1, 0.15) is 26.3 Å². The second-order valence-corrected chi connectivity index (χ2v) is 6.34. The maximum atomic E-state index is 12.2. The Morgan fingerprint density at radius 3 is 3.00 bits per heavy atom. The van der Waals surface area contributed by atoms with Crippen molar-refractivity contribution in [1.29, 1.82) is 0 Å². The van der Waals surface area contributed by atoms with Gasteiger partial charge in [-0.3, -0.25) is 14.7 Å². The number of rotatable bonds is 3. The van der Waals surface area contributed by atoms with Crippen LogP contribution in [-0.4, -0.2) is 47.0 Å². The Morgan fingerprint density at radius 1 is 1.55 bits per heavy atom. The van der Waals surface area contributed by atoms with Crippen LogP contribution in [0.2, 0.25) is 0 Å². The SMILES string of the molecule is CC(C)(C)NC(=O)C1CN(Cc2cccnc2)CCN1. The second kappa shape index (κ2) is 6.33. The highest BCUT2D eigenvalue weighted by Crippen LogP contribution is 2.08. The van der Waals surface area contributed by atoms with Crippen molar-refractivity contribution in [3.63, 3.8) is 0 Å². The minimum absolute atomic E-state index is 0.0772. The van der Waals surface area contributed by atoms with Gasteiger partial charge in [-0.1, -0.05) is 6.07 Å². The quantitative estimate of drug-likeness (QED) is 0.856. The molecule has 1 atom stereocenters. The number of aromatic nitrogens is 1. The van der Waals surface area contributed by atoms with Crippen molar-refractivity contribution >= 4 is 5.91 Å². The molecule has 1 amide bonds. The van der Waals surface area contributed by atoms with Crippen LogP contribution in [-0.2, 0) is 11.3 Å². The maximum absolute atomic E-state index is 12.2. The number of carbonyl (C=O) groups is 1. The summed E-state index contributed by atoms with van der Waals surface area (Å²) in [6.07, 6.45) is 3.66. The van der Waals surface area contributed by atoms with Gasteiger partial charge in [0.1, 0.15) is 0 Å². The Balaban J connectivity index is 1.90. The zero-order chi connectivity index (χ0) is 14.6. The Morgan fingerprint density at radius 2 is 2.35 bits per heavy atom. The fourth-order valence-electron chi connectivity index (χ4n) is 2.34. The summed E-state index contributed by atoms with van der Waals surface area (Å²) in [7, 11) is 0. The lowest BCUT2D eigenvalue weighted by atomic mass is 10.1. The number of hydrogen-bond donors (Lipinski definition) is 2. The molecule has 0 spiro atoms. The average molecular weight is 276 g/mol. The molecular weight excluding hydrogens is 252 g/mol. The van der Waals surface area contributed by atoms with Gasteiger partial charge in [0.25, 0.3) is 0 Å². The average Bonchev–Trinajstić information content (AvgIpc) is 2.38. The zero-order valence-electron chi connectivity index (χ0n) is 12.5. The van der Waals surface area contributed by atoms with E-state index in [0.717, 1.165) is 26.2 Å². The normalized spacial score (nSPS) is 20.6. The van der Waals surface area contributed by atoms with Crippen LogP contribution in [0.3, 0.4) is 0 Å². The molecule has 5 nitrogen and oxygen atoms in total. The molecule has 110 valence electrons. The molecule has 1 aromatic rings. The lowest BCUT2D eigenvalue weighted by Crippen LogP contribution is -2.59. The summed E-state index contributed by atoms with van der Waals surface area (Å²) in [5, 5.41) is 6.32. The van der Waals surface area contributed by atoms with Crippen LogP contribution in [0.25, 0.3) is 0 Å². The summed E-state index contributed by atoms with van der Waals surface area (Å²) in [4.78, 5) is 18.6. The van der Waals surface area contributed by atoms with Gasteiger partial charge >= 0.3 is 0 Å². The van der Waals surface area contributed by atoms with E-state index in [0.29, 0.717) is 0 Å². The summed E-state index contributed by atoms with van der Waals surface area (Å²) in [6.45, 7) is 9.37. The Labute approximate surface area is 120 Å². The lowest BCUT2D eigenvalue weighted by molar-refractivity contribution is -0.125.